The topological polar surface area (TPSA) is 91.7 Å². The Balaban J connectivity index is 1.42. The number of carboxylic acids is 1. The summed E-state index contributed by atoms with van der Waals surface area (Å²) in [7, 11) is 1.61. The number of carboxylic acid groups (broad SMARTS) is 1. The normalized spacial score (nSPS) is 25.3. The molecule has 8 heteroatoms. The Morgan fingerprint density at radius 2 is 2.05 bits per heavy atom. The molecule has 2 aromatic carbocycles. The van der Waals surface area contributed by atoms with Crippen LogP contribution in [0.15, 0.2) is 53.1 Å². The minimum atomic E-state index is -0.800. The van der Waals surface area contributed by atoms with E-state index in [-0.39, 0.29) is 29.5 Å². The molecular weight excluding hydrogens is 539 g/mol. The van der Waals surface area contributed by atoms with Crippen LogP contribution in [-0.4, -0.2) is 41.4 Å². The molecule has 3 aromatic rings. The van der Waals surface area contributed by atoms with E-state index in [0.29, 0.717) is 28.8 Å². The van der Waals surface area contributed by atoms with Crippen molar-refractivity contribution in [2.45, 2.75) is 37.7 Å². The van der Waals surface area contributed by atoms with Crippen molar-refractivity contribution in [1.82, 2.24) is 10.3 Å². The van der Waals surface area contributed by atoms with Gasteiger partial charge in [0, 0.05) is 22.6 Å². The number of methoxy groups -OCH3 is 1. The van der Waals surface area contributed by atoms with Crippen molar-refractivity contribution in [1.29, 1.82) is 0 Å². The summed E-state index contributed by atoms with van der Waals surface area (Å²) in [6.45, 7) is 1.19. The molecule has 0 amide bonds. The minimum absolute atomic E-state index is 0.00165. The average Bonchev–Trinajstić information content (AvgIpc) is 2.87. The lowest BCUT2D eigenvalue weighted by atomic mass is 9.59. The molecule has 1 saturated heterocycles. The maximum absolute atomic E-state index is 14.6. The first kappa shape index (κ1) is 26.1. The van der Waals surface area contributed by atoms with Gasteiger partial charge in [-0.05, 0) is 103 Å². The number of aliphatic hydroxyl groups is 1. The highest BCUT2D eigenvalue weighted by Gasteiger charge is 2.45. The second-order valence-corrected chi connectivity index (χ2v) is 11.3. The predicted molar refractivity (Wildman–Crippen MR) is 143 cm³/mol. The molecule has 1 aliphatic carbocycles. The van der Waals surface area contributed by atoms with Crippen LogP contribution in [0, 0.1) is 29.5 Å². The molecule has 1 aliphatic heterocycles. The first-order valence-corrected chi connectivity index (χ1v) is 13.6. The van der Waals surface area contributed by atoms with Crippen molar-refractivity contribution >= 4 is 32.8 Å². The molecule has 1 aromatic heterocycles. The Hall–Kier alpha value is -2.55. The number of benzene rings is 2. The maximum atomic E-state index is 14.6. The number of piperidine rings is 1. The number of fused-ring (bicyclic) bond motifs is 1. The van der Waals surface area contributed by atoms with Gasteiger partial charge in [0.2, 0.25) is 0 Å². The van der Waals surface area contributed by atoms with E-state index >= 15 is 0 Å². The fourth-order valence-electron chi connectivity index (χ4n) is 6.43. The summed E-state index contributed by atoms with van der Waals surface area (Å²) in [6, 6.07) is 12.6. The van der Waals surface area contributed by atoms with E-state index in [9.17, 15) is 19.4 Å². The molecule has 0 bridgehead atoms. The highest BCUT2D eigenvalue weighted by atomic mass is 79.9. The fourth-order valence-corrected chi connectivity index (χ4v) is 6.76. The molecule has 2 heterocycles. The lowest BCUT2D eigenvalue weighted by Crippen LogP contribution is -2.47. The number of aliphatic carboxylic acids is 1. The monoisotopic (exact) mass is 570 g/mol. The molecule has 1 saturated carbocycles. The van der Waals surface area contributed by atoms with Crippen LogP contribution >= 0.6 is 15.9 Å². The molecule has 6 nitrogen and oxygen atoms in total. The van der Waals surface area contributed by atoms with Crippen LogP contribution in [0.25, 0.3) is 10.9 Å². The molecule has 5 rings (SSSR count). The number of halogens is 2. The second-order valence-electron chi connectivity index (χ2n) is 10.4. The second kappa shape index (κ2) is 11.1. The Labute approximate surface area is 224 Å². The number of carbonyl (C=O) groups is 1. The Morgan fingerprint density at radius 1 is 1.24 bits per heavy atom. The first-order chi connectivity index (χ1) is 17.9. The Bertz CT molecular complexity index is 1280. The van der Waals surface area contributed by atoms with Crippen LogP contribution < -0.4 is 10.1 Å². The van der Waals surface area contributed by atoms with Crippen LogP contribution in [0.5, 0.6) is 5.75 Å². The maximum Gasteiger partial charge on any atom is 0.308 e. The van der Waals surface area contributed by atoms with E-state index in [4.69, 9.17) is 4.74 Å². The van der Waals surface area contributed by atoms with Gasteiger partial charge in [0.15, 0.2) is 0 Å². The predicted octanol–water partition coefficient (Wildman–Crippen LogP) is 5.69. The summed E-state index contributed by atoms with van der Waals surface area (Å²) in [5, 5.41) is 25.6. The number of ether oxygens (including phenoxy) is 1. The fraction of sp³-hybridized carbons (Fsp3) is 0.448. The average molecular weight is 571 g/mol. The zero-order chi connectivity index (χ0) is 26.1. The number of hydrogen-bond donors (Lipinski definition) is 3. The van der Waals surface area contributed by atoms with Crippen LogP contribution in [-0.2, 0) is 4.79 Å². The van der Waals surface area contributed by atoms with E-state index < -0.39 is 18.0 Å². The zero-order valence-corrected chi connectivity index (χ0v) is 22.3. The van der Waals surface area contributed by atoms with E-state index in [2.05, 4.69) is 26.2 Å². The van der Waals surface area contributed by atoms with Gasteiger partial charge in [0.1, 0.15) is 11.6 Å². The van der Waals surface area contributed by atoms with Gasteiger partial charge >= 0.3 is 5.97 Å². The number of aliphatic hydroxyl groups excluding tert-OH is 1. The highest BCUT2D eigenvalue weighted by molar-refractivity contribution is 9.10. The van der Waals surface area contributed by atoms with Gasteiger partial charge in [0.05, 0.1) is 24.6 Å². The number of pyridine rings is 1. The molecule has 196 valence electrons. The van der Waals surface area contributed by atoms with E-state index in [1.807, 2.05) is 36.4 Å². The van der Waals surface area contributed by atoms with Crippen LogP contribution in [0.1, 0.15) is 48.8 Å². The van der Waals surface area contributed by atoms with Crippen molar-refractivity contribution in [2.75, 3.05) is 20.2 Å². The van der Waals surface area contributed by atoms with Crippen molar-refractivity contribution < 1.29 is 24.1 Å². The Kier molecular flexibility index (Phi) is 7.79. The van der Waals surface area contributed by atoms with Crippen molar-refractivity contribution in [2.24, 2.45) is 23.7 Å². The molecule has 4 atom stereocenters. The van der Waals surface area contributed by atoms with Gasteiger partial charge < -0.3 is 20.3 Å². The van der Waals surface area contributed by atoms with Gasteiger partial charge in [0.25, 0.3) is 0 Å². The van der Waals surface area contributed by atoms with Gasteiger partial charge in [-0.1, -0.05) is 22.0 Å². The molecular formula is C29H32BrFN2O4. The number of nitrogens with one attached hydrogen (secondary N) is 1. The minimum Gasteiger partial charge on any atom is -0.497 e. The molecule has 3 N–H and O–H groups in total. The van der Waals surface area contributed by atoms with E-state index in [1.165, 1.54) is 6.07 Å². The summed E-state index contributed by atoms with van der Waals surface area (Å²) in [5.41, 5.74) is 2.25. The summed E-state index contributed by atoms with van der Waals surface area (Å²) in [5.74, 6) is -0.568. The van der Waals surface area contributed by atoms with Crippen LogP contribution in [0.3, 0.4) is 0 Å². The molecule has 0 spiro atoms. The van der Waals surface area contributed by atoms with E-state index in [0.717, 1.165) is 42.3 Å². The quantitative estimate of drug-likeness (QED) is 0.322. The summed E-state index contributed by atoms with van der Waals surface area (Å²) in [6.07, 6.45) is 3.69. The number of nitrogens with zero attached hydrogens (tertiary/aromatic N) is 1. The lowest BCUT2D eigenvalue weighted by molar-refractivity contribution is -0.146. The number of aromatic nitrogens is 1. The zero-order valence-electron chi connectivity index (χ0n) is 20.7. The number of rotatable bonds is 8. The third-order valence-corrected chi connectivity index (χ3v) is 8.92. The van der Waals surface area contributed by atoms with Crippen LogP contribution in [0.2, 0.25) is 0 Å². The molecule has 37 heavy (non-hydrogen) atoms. The summed E-state index contributed by atoms with van der Waals surface area (Å²) in [4.78, 5) is 16.6. The van der Waals surface area contributed by atoms with Crippen molar-refractivity contribution in [3.63, 3.8) is 0 Å². The molecule has 2 unspecified atom stereocenters. The third kappa shape index (κ3) is 5.38. The van der Waals surface area contributed by atoms with Gasteiger partial charge in [-0.2, -0.15) is 0 Å². The largest absolute Gasteiger partial charge is 0.497 e. The van der Waals surface area contributed by atoms with Crippen molar-refractivity contribution in [3.8, 4) is 5.75 Å². The van der Waals surface area contributed by atoms with E-state index in [1.54, 1.807) is 13.3 Å². The number of hydrogen-bond acceptors (Lipinski definition) is 5. The molecule has 2 aliphatic rings. The first-order valence-electron chi connectivity index (χ1n) is 12.8. The lowest BCUT2D eigenvalue weighted by Gasteiger charge is -2.47. The summed E-state index contributed by atoms with van der Waals surface area (Å²) < 4.78 is 20.7. The smallest absolute Gasteiger partial charge is 0.308 e. The molecule has 2 fully saturated rings. The molecule has 0 radical (unpaired) electrons. The third-order valence-electron chi connectivity index (χ3n) is 8.42. The van der Waals surface area contributed by atoms with Crippen molar-refractivity contribution in [3.05, 3.63) is 70.1 Å². The SMILES string of the molecule is COc1ccc2nccc([C@H](O)C[C@H](C3CC(c4ccc(Br)cc4F)C3)C3CCNCC3C(=O)O)c2c1. The van der Waals surface area contributed by atoms with Gasteiger partial charge in [-0.15, -0.1) is 0 Å². The van der Waals surface area contributed by atoms with Gasteiger partial charge in [-0.3, -0.25) is 9.78 Å². The summed E-state index contributed by atoms with van der Waals surface area (Å²) >= 11 is 3.33. The Morgan fingerprint density at radius 3 is 2.78 bits per heavy atom. The standard InChI is InChI=1S/C29H32BrFN2O4/c1-37-19-3-5-27-24(13-19)22(7-9-33-27)28(34)14-23(21-6-8-32-15-25(21)29(35)36)17-10-16(11-17)20-4-2-18(30)12-26(20)31/h2-5,7,9,12-13,16-17,21,23,25,28,32,34H,6,8,10-11,14-15H2,1H3,(H,35,36)/t16?,17?,21?,23-,25?,28-/m1/s1. The van der Waals surface area contributed by atoms with Crippen LogP contribution in [0.4, 0.5) is 4.39 Å². The highest BCUT2D eigenvalue weighted by Crippen LogP contribution is 2.52. The van der Waals surface area contributed by atoms with Gasteiger partial charge in [-0.25, -0.2) is 4.39 Å².